The van der Waals surface area contributed by atoms with Gasteiger partial charge in [-0.15, -0.1) is 11.3 Å². The van der Waals surface area contributed by atoms with Gasteiger partial charge >= 0.3 is 0 Å². The topological polar surface area (TPSA) is 76.5 Å². The van der Waals surface area contributed by atoms with Gasteiger partial charge in [0.05, 0.1) is 34.6 Å². The van der Waals surface area contributed by atoms with E-state index in [4.69, 9.17) is 21.3 Å². The number of halogens is 1. The van der Waals surface area contributed by atoms with Gasteiger partial charge in [-0.05, 0) is 55.4 Å². The molecule has 2 aromatic heterocycles. The molecule has 10 heteroatoms. The number of methoxy groups -OCH3 is 1. The van der Waals surface area contributed by atoms with E-state index in [1.165, 1.54) is 16.6 Å². The molecule has 0 fully saturated rings. The van der Waals surface area contributed by atoms with Crippen molar-refractivity contribution in [1.82, 2.24) is 14.5 Å². The summed E-state index contributed by atoms with van der Waals surface area (Å²) in [6.45, 7) is 1.71. The molecule has 7 nitrogen and oxygen atoms in total. The first kappa shape index (κ1) is 23.9. The Morgan fingerprint density at radius 2 is 2.00 bits per heavy atom. The summed E-state index contributed by atoms with van der Waals surface area (Å²) in [4.78, 5) is 35.6. The minimum absolute atomic E-state index is 0.0765. The van der Waals surface area contributed by atoms with Crippen LogP contribution >= 0.6 is 34.7 Å². The molecular weight excluding hydrogens is 504 g/mol. The SMILES string of the molecule is COc1ccc(-n2c(SCC(=O)Nc3ccccc3Cl)nc3sc4c(c3c2=O)CCN(C)C4)cc1. The normalized spacial score (nSPS) is 13.6. The Labute approximate surface area is 215 Å². The van der Waals surface area contributed by atoms with Gasteiger partial charge in [-0.3, -0.25) is 14.2 Å². The summed E-state index contributed by atoms with van der Waals surface area (Å²) in [5.41, 5.74) is 2.20. The molecule has 2 aromatic carbocycles. The maximum Gasteiger partial charge on any atom is 0.267 e. The van der Waals surface area contributed by atoms with Gasteiger partial charge in [-0.2, -0.15) is 0 Å². The van der Waals surface area contributed by atoms with Crippen molar-refractivity contribution >= 4 is 56.5 Å². The van der Waals surface area contributed by atoms with E-state index in [-0.39, 0.29) is 17.2 Å². The Bertz CT molecular complexity index is 1470. The number of thioether (sulfide) groups is 1. The first-order valence-electron chi connectivity index (χ1n) is 11.0. The van der Waals surface area contributed by atoms with E-state index >= 15 is 0 Å². The number of thiophene rings is 1. The largest absolute Gasteiger partial charge is 0.497 e. The van der Waals surface area contributed by atoms with Gasteiger partial charge in [0.1, 0.15) is 10.6 Å². The summed E-state index contributed by atoms with van der Waals surface area (Å²) in [7, 11) is 3.68. The number of fused-ring (bicyclic) bond motifs is 3. The number of likely N-dealkylation sites (N-methyl/N-ethyl adjacent to an activating group) is 1. The number of amides is 1. The average molecular weight is 527 g/mol. The number of benzene rings is 2. The van der Waals surface area contributed by atoms with Crippen LogP contribution in [0.5, 0.6) is 5.75 Å². The number of carbonyl (C=O) groups is 1. The molecule has 0 aliphatic carbocycles. The van der Waals surface area contributed by atoms with Crippen molar-refractivity contribution in [1.29, 1.82) is 0 Å². The number of aromatic nitrogens is 2. The fourth-order valence-electron chi connectivity index (χ4n) is 4.09. The molecule has 0 saturated carbocycles. The minimum atomic E-state index is -0.231. The molecule has 35 heavy (non-hydrogen) atoms. The zero-order valence-corrected chi connectivity index (χ0v) is 21.6. The average Bonchev–Trinajstić information content (AvgIpc) is 3.22. The number of hydrogen-bond donors (Lipinski definition) is 1. The van der Waals surface area contributed by atoms with E-state index in [0.717, 1.165) is 25.1 Å². The third kappa shape index (κ3) is 4.81. The first-order valence-corrected chi connectivity index (χ1v) is 13.2. The number of ether oxygens (including phenoxy) is 1. The minimum Gasteiger partial charge on any atom is -0.497 e. The van der Waals surface area contributed by atoms with Gasteiger partial charge in [-0.1, -0.05) is 35.5 Å². The lowest BCUT2D eigenvalue weighted by molar-refractivity contribution is -0.113. The molecule has 4 aromatic rings. The quantitative estimate of drug-likeness (QED) is 0.286. The highest BCUT2D eigenvalue weighted by atomic mass is 35.5. The van der Waals surface area contributed by atoms with Crippen LogP contribution < -0.4 is 15.6 Å². The summed E-state index contributed by atoms with van der Waals surface area (Å²) in [6, 6.07) is 14.3. The third-order valence-corrected chi connectivity index (χ3v) is 8.22. The summed E-state index contributed by atoms with van der Waals surface area (Å²) in [6.07, 6.45) is 0.818. The molecule has 1 amide bonds. The van der Waals surface area contributed by atoms with Gasteiger partial charge in [-0.25, -0.2) is 4.98 Å². The molecule has 180 valence electrons. The fourth-order valence-corrected chi connectivity index (χ4v) is 6.42. The van der Waals surface area contributed by atoms with Crippen LogP contribution in [-0.4, -0.2) is 46.8 Å². The fraction of sp³-hybridized carbons (Fsp3) is 0.240. The molecule has 3 heterocycles. The van der Waals surface area contributed by atoms with Crippen LogP contribution in [0.1, 0.15) is 10.4 Å². The molecule has 0 saturated heterocycles. The van der Waals surface area contributed by atoms with E-state index in [0.29, 0.717) is 37.5 Å². The molecule has 5 rings (SSSR count). The highest BCUT2D eigenvalue weighted by Crippen LogP contribution is 2.34. The molecule has 0 atom stereocenters. The summed E-state index contributed by atoms with van der Waals surface area (Å²) >= 11 is 8.96. The van der Waals surface area contributed by atoms with E-state index in [2.05, 4.69) is 17.3 Å². The second-order valence-electron chi connectivity index (χ2n) is 8.22. The lowest BCUT2D eigenvalue weighted by atomic mass is 10.1. The molecule has 1 aliphatic rings. The van der Waals surface area contributed by atoms with E-state index in [1.807, 2.05) is 30.3 Å². The van der Waals surface area contributed by atoms with Gasteiger partial charge in [0.15, 0.2) is 5.16 Å². The third-order valence-electron chi connectivity index (χ3n) is 5.85. The van der Waals surface area contributed by atoms with Crippen molar-refractivity contribution in [3.63, 3.8) is 0 Å². The summed E-state index contributed by atoms with van der Waals surface area (Å²) in [5, 5.41) is 4.44. The number of nitrogens with one attached hydrogen (secondary N) is 1. The highest BCUT2D eigenvalue weighted by Gasteiger charge is 2.25. The van der Waals surface area contributed by atoms with Gasteiger partial charge in [0.25, 0.3) is 5.56 Å². The Kier molecular flexibility index (Phi) is 6.84. The van der Waals surface area contributed by atoms with Crippen molar-refractivity contribution in [2.75, 3.05) is 31.8 Å². The predicted octanol–water partition coefficient (Wildman–Crippen LogP) is 4.83. The number of carbonyl (C=O) groups excluding carboxylic acids is 1. The monoisotopic (exact) mass is 526 g/mol. The number of anilines is 1. The van der Waals surface area contributed by atoms with Crippen molar-refractivity contribution < 1.29 is 9.53 Å². The Morgan fingerprint density at radius 1 is 1.23 bits per heavy atom. The van der Waals surface area contributed by atoms with Gasteiger partial charge < -0.3 is 15.0 Å². The van der Waals surface area contributed by atoms with Crippen LogP contribution in [0.2, 0.25) is 5.02 Å². The Hall–Kier alpha value is -2.85. The Balaban J connectivity index is 1.54. The van der Waals surface area contributed by atoms with Crippen molar-refractivity contribution in [2.45, 2.75) is 18.1 Å². The number of hydrogen-bond acceptors (Lipinski definition) is 7. The van der Waals surface area contributed by atoms with Crippen molar-refractivity contribution in [2.24, 2.45) is 0 Å². The summed E-state index contributed by atoms with van der Waals surface area (Å²) in [5.74, 6) is 0.540. The van der Waals surface area contributed by atoms with Gasteiger partial charge in [0, 0.05) is 18.0 Å². The number of para-hydroxylation sites is 1. The van der Waals surface area contributed by atoms with E-state index < -0.39 is 0 Å². The molecule has 0 spiro atoms. The molecule has 1 N–H and O–H groups in total. The Morgan fingerprint density at radius 3 is 2.74 bits per heavy atom. The van der Waals surface area contributed by atoms with Crippen LogP contribution in [0.3, 0.4) is 0 Å². The highest BCUT2D eigenvalue weighted by molar-refractivity contribution is 7.99. The first-order chi connectivity index (χ1) is 16.9. The van der Waals surface area contributed by atoms with E-state index in [1.54, 1.807) is 41.2 Å². The molecular formula is C25H23ClN4O3S2. The molecule has 0 unspecified atom stereocenters. The number of nitrogens with zero attached hydrogens (tertiary/aromatic N) is 3. The summed E-state index contributed by atoms with van der Waals surface area (Å²) < 4.78 is 6.88. The standard InChI is InChI=1S/C25H23ClN4O3S2/c1-29-12-11-17-20(13-29)35-23-22(17)24(32)30(15-7-9-16(33-2)10-8-15)25(28-23)34-14-21(31)27-19-6-4-3-5-18(19)26/h3-10H,11-14H2,1-2H3,(H,27,31). The molecule has 0 bridgehead atoms. The lowest BCUT2D eigenvalue weighted by Crippen LogP contribution is -2.27. The van der Waals surface area contributed by atoms with Crippen molar-refractivity contribution in [3.8, 4) is 11.4 Å². The van der Waals surface area contributed by atoms with Gasteiger partial charge in [0.2, 0.25) is 5.91 Å². The number of rotatable bonds is 6. The zero-order valence-electron chi connectivity index (χ0n) is 19.2. The van der Waals surface area contributed by atoms with Crippen LogP contribution in [0.25, 0.3) is 15.9 Å². The van der Waals surface area contributed by atoms with E-state index in [9.17, 15) is 9.59 Å². The van der Waals surface area contributed by atoms with Crippen LogP contribution in [0.4, 0.5) is 5.69 Å². The second-order valence-corrected chi connectivity index (χ2v) is 10.7. The second kappa shape index (κ2) is 10.0. The molecule has 0 radical (unpaired) electrons. The van der Waals surface area contributed by atoms with Crippen LogP contribution in [0, 0.1) is 0 Å². The predicted molar refractivity (Wildman–Crippen MR) is 143 cm³/mol. The zero-order chi connectivity index (χ0) is 24.5. The van der Waals surface area contributed by atoms with Crippen molar-refractivity contribution in [3.05, 3.63) is 74.3 Å². The maximum absolute atomic E-state index is 13.9. The maximum atomic E-state index is 13.9. The van der Waals surface area contributed by atoms with Crippen LogP contribution in [0.15, 0.2) is 58.5 Å². The lowest BCUT2D eigenvalue weighted by Gasteiger charge is -2.21. The smallest absolute Gasteiger partial charge is 0.267 e. The molecule has 1 aliphatic heterocycles. The van der Waals surface area contributed by atoms with Crippen LogP contribution in [-0.2, 0) is 17.8 Å².